The van der Waals surface area contributed by atoms with E-state index in [9.17, 15) is 9.59 Å². The summed E-state index contributed by atoms with van der Waals surface area (Å²) in [5.74, 6) is 1.17. The van der Waals surface area contributed by atoms with E-state index in [1.807, 2.05) is 126 Å². The maximum atomic E-state index is 13.7. The van der Waals surface area contributed by atoms with Gasteiger partial charge in [0.2, 0.25) is 5.91 Å². The Morgan fingerprint density at radius 3 is 1.95 bits per heavy atom. The van der Waals surface area contributed by atoms with Crippen LogP contribution in [0.1, 0.15) is 5.56 Å². The van der Waals surface area contributed by atoms with E-state index >= 15 is 0 Å². The first-order chi connectivity index (χ1) is 21.2. The zero-order valence-electron chi connectivity index (χ0n) is 23.2. The smallest absolute Gasteiger partial charge is 0.266 e. The molecule has 43 heavy (non-hydrogen) atoms. The molecule has 208 valence electrons. The second-order valence-electron chi connectivity index (χ2n) is 10.3. The Bertz CT molecular complexity index is 2000. The van der Waals surface area contributed by atoms with Gasteiger partial charge in [0.05, 0.1) is 22.3 Å². The van der Waals surface area contributed by atoms with Gasteiger partial charge in [-0.15, -0.1) is 11.8 Å². The fraction of sp³-hybridized carbons (Fsp3) is 0.0541. The normalized spacial score (nSPS) is 15.0. The third kappa shape index (κ3) is 5.29. The lowest BCUT2D eigenvalue weighted by Gasteiger charge is -2.22. The number of benzene rings is 5. The van der Waals surface area contributed by atoms with Crippen LogP contribution in [0.2, 0.25) is 0 Å². The van der Waals surface area contributed by atoms with Crippen molar-refractivity contribution in [3.63, 3.8) is 0 Å². The SMILES string of the molecule is O=C1CS[C@H](/C=C/c2ccccc2)N1c1ccc(-c2ccc(-n3c(-c4ccccc4)nc4ccccc4c3=O)cc2)cc1. The monoisotopic (exact) mass is 577 g/mol. The fourth-order valence-electron chi connectivity index (χ4n) is 5.40. The maximum absolute atomic E-state index is 13.7. The third-order valence-electron chi connectivity index (χ3n) is 7.57. The molecule has 5 aromatic carbocycles. The van der Waals surface area contributed by atoms with E-state index in [2.05, 4.69) is 24.3 Å². The molecule has 0 radical (unpaired) electrons. The van der Waals surface area contributed by atoms with Gasteiger partial charge in [0.1, 0.15) is 11.2 Å². The Kier molecular flexibility index (Phi) is 7.19. The highest BCUT2D eigenvalue weighted by molar-refractivity contribution is 8.01. The molecular weight excluding hydrogens is 550 g/mol. The van der Waals surface area contributed by atoms with E-state index in [0.29, 0.717) is 22.5 Å². The van der Waals surface area contributed by atoms with Crippen LogP contribution in [0.5, 0.6) is 0 Å². The van der Waals surface area contributed by atoms with Gasteiger partial charge in [-0.25, -0.2) is 4.98 Å². The number of thioether (sulfide) groups is 1. The summed E-state index contributed by atoms with van der Waals surface area (Å²) in [6.07, 6.45) is 4.16. The van der Waals surface area contributed by atoms with Crippen LogP contribution in [0.15, 0.2) is 144 Å². The Hall–Kier alpha value is -5.20. The van der Waals surface area contributed by atoms with Gasteiger partial charge in [-0.05, 0) is 53.1 Å². The van der Waals surface area contributed by atoms with Crippen LogP contribution < -0.4 is 10.5 Å². The minimum atomic E-state index is -0.106. The molecule has 6 heteroatoms. The molecule has 1 aliphatic heterocycles. The molecule has 2 heterocycles. The molecule has 0 bridgehead atoms. The van der Waals surface area contributed by atoms with Gasteiger partial charge in [0.15, 0.2) is 0 Å². The van der Waals surface area contributed by atoms with Gasteiger partial charge in [-0.2, -0.15) is 0 Å². The van der Waals surface area contributed by atoms with Gasteiger partial charge >= 0.3 is 0 Å². The van der Waals surface area contributed by atoms with Crippen LogP contribution in [0.3, 0.4) is 0 Å². The van der Waals surface area contributed by atoms with Crippen molar-refractivity contribution in [1.29, 1.82) is 0 Å². The molecule has 1 aromatic heterocycles. The molecule has 1 atom stereocenters. The summed E-state index contributed by atoms with van der Waals surface area (Å²) in [6, 6.07) is 43.4. The molecule has 1 amide bonds. The van der Waals surface area contributed by atoms with Crippen molar-refractivity contribution >= 4 is 40.3 Å². The van der Waals surface area contributed by atoms with Crippen LogP contribution in [0.25, 0.3) is 45.2 Å². The molecular formula is C37H27N3O2S. The Morgan fingerprint density at radius 2 is 1.26 bits per heavy atom. The number of hydrogen-bond acceptors (Lipinski definition) is 4. The van der Waals surface area contributed by atoms with Crippen LogP contribution in [-0.4, -0.2) is 26.6 Å². The molecule has 0 aliphatic carbocycles. The lowest BCUT2D eigenvalue weighted by atomic mass is 10.0. The molecule has 1 aliphatic rings. The number of nitrogens with zero attached hydrogens (tertiary/aromatic N) is 3. The fourth-order valence-corrected chi connectivity index (χ4v) is 6.43. The van der Waals surface area contributed by atoms with E-state index in [4.69, 9.17) is 4.98 Å². The molecule has 0 saturated carbocycles. The number of hydrogen-bond donors (Lipinski definition) is 0. The summed E-state index contributed by atoms with van der Waals surface area (Å²) in [5.41, 5.74) is 6.21. The van der Waals surface area contributed by atoms with Crippen molar-refractivity contribution in [2.24, 2.45) is 0 Å². The maximum Gasteiger partial charge on any atom is 0.266 e. The van der Waals surface area contributed by atoms with Crippen molar-refractivity contribution in [3.8, 4) is 28.2 Å². The van der Waals surface area contributed by atoms with Crippen LogP contribution in [0, 0.1) is 0 Å². The number of fused-ring (bicyclic) bond motifs is 1. The van der Waals surface area contributed by atoms with E-state index in [1.54, 1.807) is 16.3 Å². The Balaban J connectivity index is 1.18. The molecule has 0 spiro atoms. The topological polar surface area (TPSA) is 55.2 Å². The highest BCUT2D eigenvalue weighted by atomic mass is 32.2. The minimum Gasteiger partial charge on any atom is -0.296 e. The van der Waals surface area contributed by atoms with E-state index in [0.717, 1.165) is 33.6 Å². The number of carbonyl (C=O) groups is 1. The van der Waals surface area contributed by atoms with Crippen molar-refractivity contribution < 1.29 is 4.79 Å². The molecule has 7 rings (SSSR count). The van der Waals surface area contributed by atoms with Gasteiger partial charge in [0, 0.05) is 11.3 Å². The lowest BCUT2D eigenvalue weighted by molar-refractivity contribution is -0.115. The van der Waals surface area contributed by atoms with Crippen molar-refractivity contribution in [2.75, 3.05) is 10.7 Å². The van der Waals surface area contributed by atoms with Crippen LogP contribution in [0.4, 0.5) is 5.69 Å². The number of anilines is 1. The second kappa shape index (κ2) is 11.6. The van der Waals surface area contributed by atoms with Crippen LogP contribution >= 0.6 is 11.8 Å². The van der Waals surface area contributed by atoms with E-state index in [-0.39, 0.29) is 16.8 Å². The molecule has 1 saturated heterocycles. The summed E-state index contributed by atoms with van der Waals surface area (Å²) >= 11 is 1.63. The van der Waals surface area contributed by atoms with Gasteiger partial charge < -0.3 is 0 Å². The predicted octanol–water partition coefficient (Wildman–Crippen LogP) is 7.84. The summed E-state index contributed by atoms with van der Waals surface area (Å²) in [5, 5.41) is 0.527. The molecule has 0 unspecified atom stereocenters. The number of amides is 1. The Labute approximate surface area is 253 Å². The average molecular weight is 578 g/mol. The highest BCUT2D eigenvalue weighted by Gasteiger charge is 2.31. The predicted molar refractivity (Wildman–Crippen MR) is 177 cm³/mol. The first-order valence-electron chi connectivity index (χ1n) is 14.1. The average Bonchev–Trinajstić information content (AvgIpc) is 3.44. The van der Waals surface area contributed by atoms with E-state index in [1.165, 1.54) is 0 Å². The summed E-state index contributed by atoms with van der Waals surface area (Å²) in [6.45, 7) is 0. The van der Waals surface area contributed by atoms with Crippen LogP contribution in [-0.2, 0) is 4.79 Å². The van der Waals surface area contributed by atoms with Gasteiger partial charge in [-0.1, -0.05) is 109 Å². The first-order valence-corrected chi connectivity index (χ1v) is 15.2. The highest BCUT2D eigenvalue weighted by Crippen LogP contribution is 2.33. The molecule has 6 aromatic rings. The summed E-state index contributed by atoms with van der Waals surface area (Å²) < 4.78 is 1.68. The number of para-hydroxylation sites is 1. The largest absolute Gasteiger partial charge is 0.296 e. The quantitative estimate of drug-likeness (QED) is 0.202. The zero-order valence-corrected chi connectivity index (χ0v) is 24.0. The summed E-state index contributed by atoms with van der Waals surface area (Å²) in [7, 11) is 0. The molecule has 5 nitrogen and oxygen atoms in total. The number of aromatic nitrogens is 2. The summed E-state index contributed by atoms with van der Waals surface area (Å²) in [4.78, 5) is 33.2. The third-order valence-corrected chi connectivity index (χ3v) is 8.69. The van der Waals surface area contributed by atoms with Crippen molar-refractivity contribution in [3.05, 3.63) is 155 Å². The number of rotatable bonds is 6. The van der Waals surface area contributed by atoms with E-state index < -0.39 is 0 Å². The van der Waals surface area contributed by atoms with Gasteiger partial charge in [0.25, 0.3) is 5.56 Å². The molecule has 1 fully saturated rings. The first kappa shape index (κ1) is 26.7. The minimum absolute atomic E-state index is 0.0504. The van der Waals surface area contributed by atoms with Gasteiger partial charge in [-0.3, -0.25) is 19.1 Å². The molecule has 0 N–H and O–H groups in total. The number of carbonyl (C=O) groups excluding carboxylic acids is 1. The lowest BCUT2D eigenvalue weighted by Crippen LogP contribution is -2.31. The van der Waals surface area contributed by atoms with Crippen molar-refractivity contribution in [2.45, 2.75) is 5.37 Å². The zero-order chi connectivity index (χ0) is 29.2. The van der Waals surface area contributed by atoms with Crippen molar-refractivity contribution in [1.82, 2.24) is 9.55 Å². The standard InChI is InChI=1S/C37H27N3O2S/c41-34-25-43-35(24-15-26-9-3-1-4-10-26)39(34)30-20-16-27(17-21-30)28-18-22-31(23-19-28)40-36(29-11-5-2-6-12-29)38-33-14-8-7-13-32(33)37(40)42/h1-24,35H,25H2/b24-15+/t35-/m1/s1. The Morgan fingerprint density at radius 1 is 0.651 bits per heavy atom. The second-order valence-corrected chi connectivity index (χ2v) is 11.4.